The number of halogens is 3. The first-order valence-electron chi connectivity index (χ1n) is 5.33. The lowest BCUT2D eigenvalue weighted by atomic mass is 9.92. The van der Waals surface area contributed by atoms with Crippen molar-refractivity contribution < 1.29 is 22.8 Å². The molecule has 8 heteroatoms. The van der Waals surface area contributed by atoms with Crippen molar-refractivity contribution in [3.8, 4) is 0 Å². The van der Waals surface area contributed by atoms with Crippen molar-refractivity contribution >= 4 is 11.8 Å². The maximum absolute atomic E-state index is 11.9. The first-order valence-corrected chi connectivity index (χ1v) is 5.33. The van der Waals surface area contributed by atoms with Gasteiger partial charge in [0.1, 0.15) is 6.54 Å². The normalized spacial score (nSPS) is 14.1. The van der Waals surface area contributed by atoms with Gasteiger partial charge in [0, 0.05) is 6.54 Å². The maximum Gasteiger partial charge on any atom is 0.405 e. The monoisotopic (exact) mass is 269 g/mol. The molecule has 5 nitrogen and oxygen atoms in total. The van der Waals surface area contributed by atoms with Crippen molar-refractivity contribution in [2.75, 3.05) is 13.1 Å². The number of nitrogens with two attached hydrogens (primary N) is 1. The minimum Gasteiger partial charge on any atom is -0.369 e. The number of carbonyl (C=O) groups excluding carboxylic acids is 2. The largest absolute Gasteiger partial charge is 0.405 e. The van der Waals surface area contributed by atoms with Crippen LogP contribution < -0.4 is 16.4 Å². The number of rotatable bonds is 6. The molecule has 0 aliphatic rings. The number of primary amides is 1. The van der Waals surface area contributed by atoms with Gasteiger partial charge in [-0.25, -0.2) is 0 Å². The van der Waals surface area contributed by atoms with Crippen LogP contribution in [0.1, 0.15) is 20.8 Å². The summed E-state index contributed by atoms with van der Waals surface area (Å²) in [5.41, 5.74) is 4.24. The smallest absolute Gasteiger partial charge is 0.369 e. The van der Waals surface area contributed by atoms with Gasteiger partial charge in [0.25, 0.3) is 0 Å². The Morgan fingerprint density at radius 2 is 1.72 bits per heavy atom. The molecular formula is C10H18F3N3O2. The Morgan fingerprint density at radius 1 is 1.22 bits per heavy atom. The van der Waals surface area contributed by atoms with Gasteiger partial charge in [-0.2, -0.15) is 13.2 Å². The lowest BCUT2D eigenvalue weighted by Crippen LogP contribution is -2.49. The zero-order valence-corrected chi connectivity index (χ0v) is 10.5. The third-order valence-corrected chi connectivity index (χ3v) is 2.37. The Hall–Kier alpha value is -1.31. The van der Waals surface area contributed by atoms with E-state index < -0.39 is 36.0 Å². The summed E-state index contributed by atoms with van der Waals surface area (Å²) in [5, 5.41) is 4.41. The summed E-state index contributed by atoms with van der Waals surface area (Å²) < 4.78 is 35.6. The van der Waals surface area contributed by atoms with Gasteiger partial charge in [0.15, 0.2) is 0 Å². The van der Waals surface area contributed by atoms with Crippen LogP contribution in [0.4, 0.5) is 13.2 Å². The number of nitrogens with one attached hydrogen (secondary N) is 2. The van der Waals surface area contributed by atoms with E-state index in [0.29, 0.717) is 0 Å². The molecule has 2 amide bonds. The van der Waals surface area contributed by atoms with Crippen molar-refractivity contribution in [2.24, 2.45) is 11.1 Å². The van der Waals surface area contributed by atoms with Crippen LogP contribution in [0.15, 0.2) is 0 Å². The van der Waals surface area contributed by atoms with E-state index in [0.717, 1.165) is 0 Å². The van der Waals surface area contributed by atoms with E-state index in [9.17, 15) is 22.8 Å². The fourth-order valence-corrected chi connectivity index (χ4v) is 0.928. The lowest BCUT2D eigenvalue weighted by Gasteiger charge is -2.23. The summed E-state index contributed by atoms with van der Waals surface area (Å²) in [6.45, 7) is 3.27. The third kappa shape index (κ3) is 6.43. The van der Waals surface area contributed by atoms with Crippen molar-refractivity contribution in [3.63, 3.8) is 0 Å². The van der Waals surface area contributed by atoms with E-state index in [-0.39, 0.29) is 6.54 Å². The van der Waals surface area contributed by atoms with E-state index in [1.165, 1.54) is 6.92 Å². The third-order valence-electron chi connectivity index (χ3n) is 2.37. The highest BCUT2D eigenvalue weighted by molar-refractivity contribution is 5.82. The summed E-state index contributed by atoms with van der Waals surface area (Å²) in [4.78, 5) is 22.3. The van der Waals surface area contributed by atoms with Gasteiger partial charge in [-0.15, -0.1) is 0 Å². The molecule has 0 aromatic carbocycles. The molecule has 0 heterocycles. The summed E-state index contributed by atoms with van der Waals surface area (Å²) in [7, 11) is 0. The molecule has 0 aromatic heterocycles. The van der Waals surface area contributed by atoms with Crippen molar-refractivity contribution in [3.05, 3.63) is 0 Å². The molecule has 106 valence electrons. The molecule has 0 spiro atoms. The molecule has 1 unspecified atom stereocenters. The lowest BCUT2D eigenvalue weighted by molar-refractivity contribution is -0.139. The van der Waals surface area contributed by atoms with Crippen LogP contribution in [0, 0.1) is 5.41 Å². The van der Waals surface area contributed by atoms with Gasteiger partial charge < -0.3 is 16.4 Å². The van der Waals surface area contributed by atoms with Gasteiger partial charge in [-0.05, 0) is 20.8 Å². The minimum absolute atomic E-state index is 0.100. The first kappa shape index (κ1) is 16.7. The Bertz CT molecular complexity index is 316. The van der Waals surface area contributed by atoms with Gasteiger partial charge >= 0.3 is 6.18 Å². The first-order chi connectivity index (χ1) is 7.96. The van der Waals surface area contributed by atoms with Crippen LogP contribution in [0.2, 0.25) is 0 Å². The number of hydrogen-bond donors (Lipinski definition) is 3. The van der Waals surface area contributed by atoms with E-state index in [2.05, 4.69) is 5.32 Å². The van der Waals surface area contributed by atoms with Crippen LogP contribution in [-0.2, 0) is 9.59 Å². The summed E-state index contributed by atoms with van der Waals surface area (Å²) in [5.74, 6) is -1.34. The molecule has 0 rings (SSSR count). The zero-order valence-electron chi connectivity index (χ0n) is 10.5. The highest BCUT2D eigenvalue weighted by atomic mass is 19.4. The SMILES string of the molecule is CC(NCC(C)(C)C(N)=O)C(=O)NCC(F)(F)F. The molecule has 0 bridgehead atoms. The second-order valence-corrected chi connectivity index (χ2v) is 4.68. The standard InChI is InChI=1S/C10H18F3N3O2/c1-6(7(17)16-5-10(11,12)13)15-4-9(2,3)8(14)18/h6,15H,4-5H2,1-3H3,(H2,14,18)(H,16,17). The van der Waals surface area contributed by atoms with Crippen molar-refractivity contribution in [1.29, 1.82) is 0 Å². The summed E-state index contributed by atoms with van der Waals surface area (Å²) in [6.07, 6.45) is -4.44. The molecule has 0 aliphatic heterocycles. The number of carbonyl (C=O) groups is 2. The molecular weight excluding hydrogens is 251 g/mol. The van der Waals surface area contributed by atoms with Crippen LogP contribution in [-0.4, -0.2) is 37.1 Å². The van der Waals surface area contributed by atoms with Crippen molar-refractivity contribution in [2.45, 2.75) is 33.0 Å². The topological polar surface area (TPSA) is 84.2 Å². The Morgan fingerprint density at radius 3 is 2.11 bits per heavy atom. The van der Waals surface area contributed by atoms with Crippen molar-refractivity contribution in [1.82, 2.24) is 10.6 Å². The fourth-order valence-electron chi connectivity index (χ4n) is 0.928. The van der Waals surface area contributed by atoms with E-state index in [1.54, 1.807) is 19.2 Å². The van der Waals surface area contributed by atoms with Gasteiger partial charge in [-0.3, -0.25) is 9.59 Å². The Labute approximate surface area is 103 Å². The predicted octanol–water partition coefficient (Wildman–Crippen LogP) is 0.155. The quantitative estimate of drug-likeness (QED) is 0.642. The minimum atomic E-state index is -4.44. The molecule has 0 saturated carbocycles. The van der Waals surface area contributed by atoms with Crippen LogP contribution >= 0.6 is 0 Å². The van der Waals surface area contributed by atoms with Gasteiger partial charge in [0.2, 0.25) is 11.8 Å². The second-order valence-electron chi connectivity index (χ2n) is 4.68. The average Bonchev–Trinajstić information content (AvgIpc) is 2.21. The number of amides is 2. The van der Waals surface area contributed by atoms with Gasteiger partial charge in [0.05, 0.1) is 11.5 Å². The van der Waals surface area contributed by atoms with Crippen LogP contribution in [0.3, 0.4) is 0 Å². The van der Waals surface area contributed by atoms with Crippen LogP contribution in [0.5, 0.6) is 0 Å². The molecule has 18 heavy (non-hydrogen) atoms. The fraction of sp³-hybridized carbons (Fsp3) is 0.800. The van der Waals surface area contributed by atoms with E-state index in [1.807, 2.05) is 0 Å². The molecule has 0 fully saturated rings. The van der Waals surface area contributed by atoms with Crippen LogP contribution in [0.25, 0.3) is 0 Å². The molecule has 0 saturated heterocycles. The highest BCUT2D eigenvalue weighted by Crippen LogP contribution is 2.13. The molecule has 0 aliphatic carbocycles. The maximum atomic E-state index is 11.9. The predicted molar refractivity (Wildman–Crippen MR) is 59.5 cm³/mol. The number of alkyl halides is 3. The van der Waals surface area contributed by atoms with E-state index >= 15 is 0 Å². The summed E-state index contributed by atoms with van der Waals surface area (Å²) >= 11 is 0. The molecule has 0 radical (unpaired) electrons. The molecule has 1 atom stereocenters. The number of hydrogen-bond acceptors (Lipinski definition) is 3. The highest BCUT2D eigenvalue weighted by Gasteiger charge is 2.30. The average molecular weight is 269 g/mol. The molecule has 0 aromatic rings. The molecule has 4 N–H and O–H groups in total. The summed E-state index contributed by atoms with van der Waals surface area (Å²) in [6, 6.07) is -0.842. The second kappa shape index (κ2) is 6.03. The van der Waals surface area contributed by atoms with E-state index in [4.69, 9.17) is 5.73 Å². The Balaban J connectivity index is 4.14. The zero-order chi connectivity index (χ0) is 14.6. The Kier molecular flexibility index (Phi) is 5.59. The van der Waals surface area contributed by atoms with Gasteiger partial charge in [-0.1, -0.05) is 0 Å².